The first-order valence-corrected chi connectivity index (χ1v) is 7.77. The van der Waals surface area contributed by atoms with E-state index in [1.807, 2.05) is 6.07 Å². The van der Waals surface area contributed by atoms with Crippen molar-refractivity contribution in [2.24, 2.45) is 5.92 Å². The maximum absolute atomic E-state index is 12.1. The second-order valence-electron chi connectivity index (χ2n) is 5.57. The van der Waals surface area contributed by atoms with Crippen LogP contribution in [0.25, 0.3) is 0 Å². The molecule has 0 bridgehead atoms. The number of nitrogens with one attached hydrogen (secondary N) is 2. The fourth-order valence-electron chi connectivity index (χ4n) is 2.65. The Balaban J connectivity index is 1.84. The number of carbonyl (C=O) groups excluding carboxylic acids is 1. The second-order valence-corrected chi connectivity index (χ2v) is 5.57. The lowest BCUT2D eigenvalue weighted by Gasteiger charge is -2.21. The highest BCUT2D eigenvalue weighted by Gasteiger charge is 2.15. The maximum Gasteiger partial charge on any atom is 0.251 e. The molecular weight excluding hydrogens is 250 g/mol. The molecule has 0 saturated heterocycles. The number of amides is 1. The van der Waals surface area contributed by atoms with E-state index < -0.39 is 0 Å². The van der Waals surface area contributed by atoms with Gasteiger partial charge in [0, 0.05) is 24.8 Å². The smallest absolute Gasteiger partial charge is 0.251 e. The summed E-state index contributed by atoms with van der Waals surface area (Å²) in [5, 5.41) is 6.26. The van der Waals surface area contributed by atoms with E-state index in [-0.39, 0.29) is 5.91 Å². The van der Waals surface area contributed by atoms with Gasteiger partial charge in [-0.3, -0.25) is 4.79 Å². The standard InChI is InChI=1S/C16H25N3O/c1-2-9-17-15-11-14(8-10-18-15)16(20)19-12-13-6-4-3-5-7-13/h8,10-11,13H,2-7,9,12H2,1H3,(H,17,18)(H,19,20). The summed E-state index contributed by atoms with van der Waals surface area (Å²) in [6.07, 6.45) is 9.19. The number of nitrogens with zero attached hydrogens (tertiary/aromatic N) is 1. The summed E-state index contributed by atoms with van der Waals surface area (Å²) in [6.45, 7) is 3.78. The van der Waals surface area contributed by atoms with E-state index in [4.69, 9.17) is 0 Å². The summed E-state index contributed by atoms with van der Waals surface area (Å²) in [4.78, 5) is 16.4. The Morgan fingerprint density at radius 1 is 1.35 bits per heavy atom. The molecule has 0 aliphatic heterocycles. The van der Waals surface area contributed by atoms with Crippen molar-refractivity contribution in [3.8, 4) is 0 Å². The SMILES string of the molecule is CCCNc1cc(C(=O)NCC2CCCCC2)ccn1. The van der Waals surface area contributed by atoms with E-state index in [0.29, 0.717) is 11.5 Å². The first-order chi connectivity index (χ1) is 9.79. The van der Waals surface area contributed by atoms with Gasteiger partial charge in [0.05, 0.1) is 0 Å². The largest absolute Gasteiger partial charge is 0.370 e. The molecule has 1 amide bonds. The van der Waals surface area contributed by atoms with Crippen molar-refractivity contribution >= 4 is 11.7 Å². The quantitative estimate of drug-likeness (QED) is 0.838. The molecule has 2 rings (SSSR count). The number of carbonyl (C=O) groups is 1. The Labute approximate surface area is 121 Å². The lowest BCUT2D eigenvalue weighted by atomic mass is 9.89. The molecule has 1 aliphatic carbocycles. The van der Waals surface area contributed by atoms with Gasteiger partial charge in [0.15, 0.2) is 0 Å². The zero-order valence-corrected chi connectivity index (χ0v) is 12.3. The monoisotopic (exact) mass is 275 g/mol. The van der Waals surface area contributed by atoms with Gasteiger partial charge in [0.2, 0.25) is 0 Å². The molecular formula is C16H25N3O. The van der Waals surface area contributed by atoms with Crippen LogP contribution in [0.2, 0.25) is 0 Å². The molecule has 1 aromatic rings. The van der Waals surface area contributed by atoms with Gasteiger partial charge in [-0.25, -0.2) is 4.98 Å². The Morgan fingerprint density at radius 3 is 2.90 bits per heavy atom. The van der Waals surface area contributed by atoms with E-state index in [0.717, 1.165) is 25.3 Å². The highest BCUT2D eigenvalue weighted by Crippen LogP contribution is 2.22. The van der Waals surface area contributed by atoms with Gasteiger partial charge in [-0.2, -0.15) is 0 Å². The number of rotatable bonds is 6. The van der Waals surface area contributed by atoms with Gasteiger partial charge in [-0.1, -0.05) is 26.2 Å². The number of hydrogen-bond donors (Lipinski definition) is 2. The zero-order chi connectivity index (χ0) is 14.2. The lowest BCUT2D eigenvalue weighted by Crippen LogP contribution is -2.30. The zero-order valence-electron chi connectivity index (χ0n) is 12.3. The fourth-order valence-corrected chi connectivity index (χ4v) is 2.65. The van der Waals surface area contributed by atoms with E-state index in [1.165, 1.54) is 32.1 Å². The molecule has 20 heavy (non-hydrogen) atoms. The van der Waals surface area contributed by atoms with Crippen molar-refractivity contribution in [2.75, 3.05) is 18.4 Å². The minimum absolute atomic E-state index is 0.0116. The molecule has 4 nitrogen and oxygen atoms in total. The van der Waals surface area contributed by atoms with Crippen molar-refractivity contribution in [2.45, 2.75) is 45.4 Å². The van der Waals surface area contributed by atoms with Crippen molar-refractivity contribution in [1.29, 1.82) is 0 Å². The predicted molar refractivity (Wildman–Crippen MR) is 81.9 cm³/mol. The third-order valence-electron chi connectivity index (χ3n) is 3.85. The first kappa shape index (κ1) is 14.8. The third-order valence-corrected chi connectivity index (χ3v) is 3.85. The van der Waals surface area contributed by atoms with Gasteiger partial charge < -0.3 is 10.6 Å². The van der Waals surface area contributed by atoms with Gasteiger partial charge in [-0.15, -0.1) is 0 Å². The molecule has 0 aromatic carbocycles. The summed E-state index contributed by atoms with van der Waals surface area (Å²) >= 11 is 0. The summed E-state index contributed by atoms with van der Waals surface area (Å²) in [6, 6.07) is 3.60. The average Bonchev–Trinajstić information content (AvgIpc) is 2.52. The van der Waals surface area contributed by atoms with Crippen LogP contribution in [0.1, 0.15) is 55.8 Å². The fraction of sp³-hybridized carbons (Fsp3) is 0.625. The summed E-state index contributed by atoms with van der Waals surface area (Å²) in [5.74, 6) is 1.45. The molecule has 110 valence electrons. The van der Waals surface area contributed by atoms with Gasteiger partial charge >= 0.3 is 0 Å². The van der Waals surface area contributed by atoms with Gasteiger partial charge in [-0.05, 0) is 37.3 Å². The minimum atomic E-state index is 0.0116. The minimum Gasteiger partial charge on any atom is -0.370 e. The maximum atomic E-state index is 12.1. The van der Waals surface area contributed by atoms with E-state index in [2.05, 4.69) is 22.5 Å². The number of hydrogen-bond acceptors (Lipinski definition) is 3. The Morgan fingerprint density at radius 2 is 2.15 bits per heavy atom. The molecule has 1 saturated carbocycles. The highest BCUT2D eigenvalue weighted by atomic mass is 16.1. The third kappa shape index (κ3) is 4.51. The molecule has 0 atom stereocenters. The molecule has 2 N–H and O–H groups in total. The summed E-state index contributed by atoms with van der Waals surface area (Å²) in [7, 11) is 0. The molecule has 1 heterocycles. The molecule has 1 aliphatic rings. The average molecular weight is 275 g/mol. The second kappa shape index (κ2) is 7.88. The van der Waals surface area contributed by atoms with Crippen LogP contribution in [0, 0.1) is 5.92 Å². The van der Waals surface area contributed by atoms with E-state index in [1.54, 1.807) is 12.3 Å². The van der Waals surface area contributed by atoms with Crippen LogP contribution in [-0.2, 0) is 0 Å². The van der Waals surface area contributed by atoms with Crippen LogP contribution < -0.4 is 10.6 Å². The van der Waals surface area contributed by atoms with Crippen molar-refractivity contribution in [3.05, 3.63) is 23.9 Å². The first-order valence-electron chi connectivity index (χ1n) is 7.77. The van der Waals surface area contributed by atoms with Gasteiger partial charge in [0.1, 0.15) is 5.82 Å². The molecule has 1 fully saturated rings. The molecule has 1 aromatic heterocycles. The summed E-state index contributed by atoms with van der Waals surface area (Å²) in [5.41, 5.74) is 0.689. The summed E-state index contributed by atoms with van der Waals surface area (Å²) < 4.78 is 0. The van der Waals surface area contributed by atoms with E-state index >= 15 is 0 Å². The van der Waals surface area contributed by atoms with Crippen molar-refractivity contribution in [3.63, 3.8) is 0 Å². The van der Waals surface area contributed by atoms with Crippen LogP contribution in [0.5, 0.6) is 0 Å². The van der Waals surface area contributed by atoms with Crippen LogP contribution in [0.4, 0.5) is 5.82 Å². The molecule has 4 heteroatoms. The van der Waals surface area contributed by atoms with Crippen molar-refractivity contribution < 1.29 is 4.79 Å². The number of aromatic nitrogens is 1. The Bertz CT molecular complexity index is 427. The van der Waals surface area contributed by atoms with Crippen LogP contribution in [-0.4, -0.2) is 24.0 Å². The number of anilines is 1. The molecule has 0 spiro atoms. The van der Waals surface area contributed by atoms with Crippen LogP contribution >= 0.6 is 0 Å². The topological polar surface area (TPSA) is 54.0 Å². The van der Waals surface area contributed by atoms with Crippen LogP contribution in [0.3, 0.4) is 0 Å². The Kier molecular flexibility index (Phi) is 5.84. The predicted octanol–water partition coefficient (Wildman–Crippen LogP) is 3.21. The van der Waals surface area contributed by atoms with Gasteiger partial charge in [0.25, 0.3) is 5.91 Å². The highest BCUT2D eigenvalue weighted by molar-refractivity contribution is 5.94. The number of pyridine rings is 1. The van der Waals surface area contributed by atoms with Crippen molar-refractivity contribution in [1.82, 2.24) is 10.3 Å². The Hall–Kier alpha value is -1.58. The molecule has 0 unspecified atom stereocenters. The normalized spacial score (nSPS) is 15.8. The van der Waals surface area contributed by atoms with E-state index in [9.17, 15) is 4.79 Å². The molecule has 0 radical (unpaired) electrons. The van der Waals surface area contributed by atoms with Crippen LogP contribution in [0.15, 0.2) is 18.3 Å². The lowest BCUT2D eigenvalue weighted by molar-refractivity contribution is 0.0943.